The molecule has 0 unspecified atom stereocenters. The minimum Gasteiger partial charge on any atom is -0.494 e. The minimum atomic E-state index is -0.721. The summed E-state index contributed by atoms with van der Waals surface area (Å²) in [5.74, 6) is 0.245. The molecule has 5 aromatic rings. The van der Waals surface area contributed by atoms with Gasteiger partial charge < -0.3 is 34.9 Å². The van der Waals surface area contributed by atoms with Gasteiger partial charge in [-0.1, -0.05) is 140 Å². The predicted molar refractivity (Wildman–Crippen MR) is 273 cm³/mol. The van der Waals surface area contributed by atoms with Crippen LogP contribution in [0.25, 0.3) is 11.1 Å². The number of rotatable bonds is 33. The highest BCUT2D eigenvalue weighted by molar-refractivity contribution is 5.93. The number of benzene rings is 5. The highest BCUT2D eigenvalue weighted by atomic mass is 16.5. The lowest BCUT2D eigenvalue weighted by Crippen LogP contribution is -2.10. The number of carboxylic acids is 1. The Bertz CT molecular complexity index is 2220. The zero-order chi connectivity index (χ0) is 48.0. The van der Waals surface area contributed by atoms with Crippen LogP contribution in [-0.4, -0.2) is 42.2 Å². The first-order valence-corrected chi connectivity index (χ1v) is 24.9. The first-order chi connectivity index (χ1) is 33.3. The van der Waals surface area contributed by atoms with E-state index in [1.807, 2.05) is 24.3 Å². The van der Waals surface area contributed by atoms with E-state index in [0.29, 0.717) is 52.9 Å². The summed E-state index contributed by atoms with van der Waals surface area (Å²) in [6, 6.07) is 34.3. The summed E-state index contributed by atoms with van der Waals surface area (Å²) in [5.41, 5.74) is 2.88. The van der Waals surface area contributed by atoms with Crippen LogP contribution in [0.15, 0.2) is 121 Å². The fourth-order valence-corrected chi connectivity index (χ4v) is 7.72. The van der Waals surface area contributed by atoms with Gasteiger partial charge in [0.2, 0.25) is 0 Å². The van der Waals surface area contributed by atoms with Crippen molar-refractivity contribution in [3.63, 3.8) is 0 Å². The van der Waals surface area contributed by atoms with Gasteiger partial charge in [-0.3, -0.25) is 4.79 Å². The van der Waals surface area contributed by atoms with Crippen LogP contribution in [0, 0.1) is 0 Å². The van der Waals surface area contributed by atoms with E-state index in [9.17, 15) is 19.2 Å². The number of hydrogen-bond donors (Lipinski definition) is 2. The van der Waals surface area contributed by atoms with E-state index in [1.165, 1.54) is 64.2 Å². The number of hydrogen-bond acceptors (Lipinski definition) is 9. The number of ether oxygens (including phenoxy) is 5. The summed E-state index contributed by atoms with van der Waals surface area (Å²) < 4.78 is 28.5. The van der Waals surface area contributed by atoms with Crippen LogP contribution in [0.2, 0.25) is 0 Å². The monoisotopic (exact) mass is 945 g/mol. The van der Waals surface area contributed by atoms with Crippen molar-refractivity contribution in [3.8, 4) is 39.9 Å². The van der Waals surface area contributed by atoms with Crippen LogP contribution in [-0.2, 0) is 4.79 Å². The van der Waals surface area contributed by atoms with Crippen molar-refractivity contribution in [2.75, 3.05) is 13.2 Å². The van der Waals surface area contributed by atoms with Crippen molar-refractivity contribution in [3.05, 3.63) is 138 Å². The van der Waals surface area contributed by atoms with Gasteiger partial charge in [0.1, 0.15) is 28.7 Å². The van der Waals surface area contributed by atoms with Crippen LogP contribution in [0.4, 0.5) is 0 Å². The second-order valence-corrected chi connectivity index (χ2v) is 17.3. The molecule has 0 fully saturated rings. The Labute approximate surface area is 409 Å². The summed E-state index contributed by atoms with van der Waals surface area (Å²) in [5, 5.41) is 8.70. The van der Waals surface area contributed by atoms with Crippen LogP contribution in [0.1, 0.15) is 173 Å². The van der Waals surface area contributed by atoms with Crippen molar-refractivity contribution >= 4 is 23.9 Å². The highest BCUT2D eigenvalue weighted by Crippen LogP contribution is 2.27. The van der Waals surface area contributed by atoms with E-state index in [0.717, 1.165) is 81.1 Å². The highest BCUT2D eigenvalue weighted by Gasteiger charge is 2.14. The molecule has 0 heterocycles. The van der Waals surface area contributed by atoms with Crippen molar-refractivity contribution in [1.82, 2.24) is 6.15 Å². The van der Waals surface area contributed by atoms with E-state index < -0.39 is 23.9 Å². The maximum Gasteiger partial charge on any atom is 0.343 e. The third-order valence-electron chi connectivity index (χ3n) is 11.8. The molecular formula is C58H74NO10+. The molecule has 0 aromatic heterocycles. The van der Waals surface area contributed by atoms with Crippen molar-refractivity contribution in [2.45, 2.75) is 142 Å². The standard InChI is InChI=1S/C58H70O10.H3N/c1-2-3-4-5-6-7-8-9-11-14-17-20-43-64-51-35-29-48(30-36-51)57(62)68-54-41-31-49(32-42-54)58(63)67-53-39-25-46(26-40-53)45-23-37-52(38-24-45)66-56(61)47-27-33-50(34-28-47)65-44-21-18-15-12-10-13-16-19-22-55(59)60;/h23-42H,2-22,43-44H2,1H3,(H,59,60);1H3/p+1. The quantitative estimate of drug-likeness (QED) is 0.0234. The molecule has 0 radical (unpaired) electrons. The van der Waals surface area contributed by atoms with E-state index in [-0.39, 0.29) is 12.6 Å². The molecule has 370 valence electrons. The van der Waals surface area contributed by atoms with Crippen LogP contribution in [0.3, 0.4) is 0 Å². The molecule has 0 atom stereocenters. The normalized spacial score (nSPS) is 10.7. The van der Waals surface area contributed by atoms with Gasteiger partial charge in [0.15, 0.2) is 0 Å². The number of carboxylic acid groups (broad SMARTS) is 1. The second-order valence-electron chi connectivity index (χ2n) is 17.3. The molecule has 0 amide bonds. The summed E-state index contributed by atoms with van der Waals surface area (Å²) in [6.07, 6.45) is 24.0. The Hall–Kier alpha value is -6.46. The molecule has 5 rings (SSSR count). The average molecular weight is 945 g/mol. The van der Waals surface area contributed by atoms with Crippen molar-refractivity contribution in [2.24, 2.45) is 0 Å². The van der Waals surface area contributed by atoms with E-state index >= 15 is 0 Å². The molecule has 0 saturated carbocycles. The van der Waals surface area contributed by atoms with Gasteiger partial charge >= 0.3 is 23.9 Å². The summed E-state index contributed by atoms with van der Waals surface area (Å²) in [6.45, 7) is 3.51. The Morgan fingerprint density at radius 3 is 0.913 bits per heavy atom. The molecular weight excluding hydrogens is 871 g/mol. The lowest BCUT2D eigenvalue weighted by Gasteiger charge is -2.09. The topological polar surface area (TPSA) is 171 Å². The van der Waals surface area contributed by atoms with Crippen LogP contribution >= 0.6 is 0 Å². The third kappa shape index (κ3) is 21.6. The Kier molecular flexibility index (Phi) is 25.8. The summed E-state index contributed by atoms with van der Waals surface area (Å²) in [7, 11) is 0. The molecule has 0 saturated heterocycles. The molecule has 0 aliphatic heterocycles. The maximum absolute atomic E-state index is 12.9. The lowest BCUT2D eigenvalue weighted by atomic mass is 10.1. The van der Waals surface area contributed by atoms with Crippen molar-refractivity contribution < 1.29 is 48.0 Å². The predicted octanol–water partition coefficient (Wildman–Crippen LogP) is 15.4. The second kappa shape index (κ2) is 32.3. The van der Waals surface area contributed by atoms with E-state index in [2.05, 4.69) is 6.92 Å². The molecule has 5 aromatic carbocycles. The number of quaternary nitrogens is 1. The van der Waals surface area contributed by atoms with Gasteiger partial charge in [-0.2, -0.15) is 0 Å². The fraction of sp³-hybridized carbons (Fsp3) is 0.414. The smallest absolute Gasteiger partial charge is 0.343 e. The maximum atomic E-state index is 12.9. The molecule has 0 spiro atoms. The zero-order valence-corrected chi connectivity index (χ0v) is 40.9. The SMILES string of the molecule is CCCCCCCCCCCCCCOc1ccc(C(=O)Oc2ccc(C(=O)Oc3ccc(-c4ccc(OC(=O)c5ccc(OCCCCCCCCCCC(=O)O)cc5)cc4)cc3)cc2)cc1.[NH4+]. The number of aliphatic carboxylic acids is 1. The Balaban J connectivity index is 0.0000104. The third-order valence-corrected chi connectivity index (χ3v) is 11.8. The molecule has 0 aliphatic rings. The molecule has 11 nitrogen and oxygen atoms in total. The average Bonchev–Trinajstić information content (AvgIpc) is 3.35. The van der Waals surface area contributed by atoms with Gasteiger partial charge in [-0.05, 0) is 127 Å². The van der Waals surface area contributed by atoms with Crippen LogP contribution < -0.4 is 29.8 Å². The van der Waals surface area contributed by atoms with Gasteiger partial charge in [-0.25, -0.2) is 14.4 Å². The molecule has 11 heteroatoms. The largest absolute Gasteiger partial charge is 0.494 e. The molecule has 0 aliphatic carbocycles. The zero-order valence-electron chi connectivity index (χ0n) is 40.9. The minimum absolute atomic E-state index is 0. The molecule has 0 bridgehead atoms. The first kappa shape index (κ1) is 55.1. The van der Waals surface area contributed by atoms with Crippen LogP contribution in [0.5, 0.6) is 28.7 Å². The molecule has 69 heavy (non-hydrogen) atoms. The number of carbonyl (C=O) groups is 4. The van der Waals surface area contributed by atoms with E-state index in [1.54, 1.807) is 97.1 Å². The number of esters is 3. The van der Waals surface area contributed by atoms with Gasteiger partial charge in [0.25, 0.3) is 0 Å². The van der Waals surface area contributed by atoms with Gasteiger partial charge in [-0.15, -0.1) is 0 Å². The molecule has 5 N–H and O–H groups in total. The van der Waals surface area contributed by atoms with Crippen molar-refractivity contribution in [1.29, 1.82) is 0 Å². The lowest BCUT2D eigenvalue weighted by molar-refractivity contribution is -0.137. The van der Waals surface area contributed by atoms with Gasteiger partial charge in [0.05, 0.1) is 29.9 Å². The number of carbonyl (C=O) groups excluding carboxylic acids is 3. The summed E-state index contributed by atoms with van der Waals surface area (Å²) >= 11 is 0. The first-order valence-electron chi connectivity index (χ1n) is 24.9. The number of unbranched alkanes of at least 4 members (excludes halogenated alkanes) is 18. The Morgan fingerprint density at radius 1 is 0.348 bits per heavy atom. The van der Waals surface area contributed by atoms with E-state index in [4.69, 9.17) is 28.8 Å². The van der Waals surface area contributed by atoms with Gasteiger partial charge in [0, 0.05) is 6.42 Å². The Morgan fingerprint density at radius 2 is 0.609 bits per heavy atom. The summed E-state index contributed by atoms with van der Waals surface area (Å²) in [4.78, 5) is 49.2. The fourth-order valence-electron chi connectivity index (χ4n) is 7.72.